The number of nitrogens with one attached hydrogen (secondary N) is 3. The number of Topliss-reactive ketones (excluding diaryl/α,β-unsaturated/α-hetero) is 1. The molecule has 2 amide bonds. The first-order valence-corrected chi connectivity index (χ1v) is 20.0. The number of methoxy groups -OCH3 is 1. The number of hydrogen-bond donors (Lipinski definition) is 4. The van der Waals surface area contributed by atoms with E-state index in [9.17, 15) is 42.3 Å². The predicted molar refractivity (Wildman–Crippen MR) is 207 cm³/mol. The summed E-state index contributed by atoms with van der Waals surface area (Å²) in [5.41, 5.74) is 0.237. The molecular formula is C38H41N7O13S. The number of carbonyl (C=O) groups excluding carboxylic acids is 5. The molecule has 4 N–H and O–H groups in total. The number of aromatic nitrogens is 5. The van der Waals surface area contributed by atoms with Crippen molar-refractivity contribution in [1.29, 1.82) is 0 Å². The van der Waals surface area contributed by atoms with E-state index < -0.39 is 76.7 Å². The number of aliphatic hydroxyl groups is 1. The van der Waals surface area contributed by atoms with Gasteiger partial charge in [0, 0.05) is 37.4 Å². The minimum absolute atomic E-state index is 0.0129. The van der Waals surface area contributed by atoms with Crippen molar-refractivity contribution in [3.63, 3.8) is 0 Å². The van der Waals surface area contributed by atoms with Crippen LogP contribution < -0.4 is 20.9 Å². The molecule has 59 heavy (non-hydrogen) atoms. The minimum Gasteiger partial charge on any atom is -0.497 e. The highest BCUT2D eigenvalue weighted by molar-refractivity contribution is 7.91. The van der Waals surface area contributed by atoms with Gasteiger partial charge in [-0.1, -0.05) is 18.2 Å². The van der Waals surface area contributed by atoms with Crippen LogP contribution in [-0.2, 0) is 49.6 Å². The average molecular weight is 836 g/mol. The number of benzene rings is 2. The molecular weight excluding hydrogens is 795 g/mol. The van der Waals surface area contributed by atoms with Crippen LogP contribution in [0.3, 0.4) is 0 Å². The highest BCUT2D eigenvalue weighted by Crippen LogP contribution is 2.32. The van der Waals surface area contributed by atoms with E-state index in [1.54, 1.807) is 24.3 Å². The van der Waals surface area contributed by atoms with Crippen molar-refractivity contribution in [2.24, 2.45) is 0 Å². The van der Waals surface area contributed by atoms with Crippen LogP contribution in [0.15, 0.2) is 70.7 Å². The molecule has 20 nitrogen and oxygen atoms in total. The van der Waals surface area contributed by atoms with Crippen LogP contribution in [0.25, 0.3) is 22.1 Å². The Bertz CT molecular complexity index is 2550. The lowest BCUT2D eigenvalue weighted by Crippen LogP contribution is -2.30. The van der Waals surface area contributed by atoms with E-state index in [1.807, 2.05) is 0 Å². The van der Waals surface area contributed by atoms with Gasteiger partial charge in [-0.25, -0.2) is 18.2 Å². The molecule has 0 aliphatic carbocycles. The van der Waals surface area contributed by atoms with Crippen LogP contribution in [0.5, 0.6) is 5.75 Å². The summed E-state index contributed by atoms with van der Waals surface area (Å²) in [7, 11) is -2.29. The maximum absolute atomic E-state index is 13.0. The monoisotopic (exact) mass is 835 g/mol. The number of ether oxygens (including phenoxy) is 4. The number of aromatic amines is 1. The molecule has 3 atom stereocenters. The summed E-state index contributed by atoms with van der Waals surface area (Å²) < 4.78 is 49.7. The van der Waals surface area contributed by atoms with Crippen LogP contribution in [-0.4, -0.2) is 112 Å². The van der Waals surface area contributed by atoms with Gasteiger partial charge in [-0.3, -0.25) is 38.6 Å². The fourth-order valence-corrected chi connectivity index (χ4v) is 7.45. The lowest BCUT2D eigenvalue weighted by molar-refractivity contribution is -0.153. The molecule has 312 valence electrons. The first-order valence-electron chi connectivity index (χ1n) is 18.4. The van der Waals surface area contributed by atoms with Crippen molar-refractivity contribution in [3.05, 3.63) is 77.0 Å². The highest BCUT2D eigenvalue weighted by atomic mass is 32.2. The van der Waals surface area contributed by atoms with Crippen molar-refractivity contribution in [3.8, 4) is 5.75 Å². The molecule has 1 aliphatic heterocycles. The quantitative estimate of drug-likeness (QED) is 0.0973. The van der Waals surface area contributed by atoms with E-state index >= 15 is 0 Å². The summed E-state index contributed by atoms with van der Waals surface area (Å²) >= 11 is 0. The van der Waals surface area contributed by atoms with Crippen LogP contribution in [0, 0.1) is 0 Å². The van der Waals surface area contributed by atoms with Crippen molar-refractivity contribution in [2.75, 3.05) is 37.9 Å². The fraction of sp³-hybridized carbons (Fsp3) is 0.368. The van der Waals surface area contributed by atoms with Crippen molar-refractivity contribution in [2.45, 2.75) is 62.4 Å². The Hall–Kier alpha value is -6.45. The number of ketones is 1. The zero-order valence-corrected chi connectivity index (χ0v) is 32.7. The van der Waals surface area contributed by atoms with Gasteiger partial charge in [-0.2, -0.15) is 4.98 Å². The number of imidazole rings is 1. The van der Waals surface area contributed by atoms with E-state index in [-0.39, 0.29) is 66.4 Å². The molecule has 0 unspecified atom stereocenters. The molecule has 1 fully saturated rings. The van der Waals surface area contributed by atoms with E-state index in [2.05, 4.69) is 25.6 Å². The number of para-hydroxylation sites is 1. The van der Waals surface area contributed by atoms with E-state index in [1.165, 1.54) is 60.0 Å². The standard InChI is InChI=1S/C38H41N7O13S/c1-22(47)7-12-33(50)58-28-18-32(57-29(28)20-46)45-21-40-34-35(45)42-37(43-36(34)51)41-30(48)13-14-39-31(49)17-23-19-44(27-6-4-3-5-26(23)27)38(52)56-15-16-59(53,54)25-10-8-24(55-2)9-11-25/h3-6,8-11,19,21,28-29,32,46H,7,12-18,20H2,1-2H3,(H,39,49)(H2,41,42,43,48,51)/t28-,29-,32-/m1/s1. The number of amides is 2. The first kappa shape index (κ1) is 42.2. The largest absolute Gasteiger partial charge is 0.497 e. The lowest BCUT2D eigenvalue weighted by Gasteiger charge is -2.16. The summed E-state index contributed by atoms with van der Waals surface area (Å²) in [4.78, 5) is 86.1. The molecule has 2 aromatic carbocycles. The number of nitrogens with zero attached hydrogens (tertiary/aromatic N) is 4. The molecule has 0 saturated carbocycles. The molecule has 21 heteroatoms. The van der Waals surface area contributed by atoms with Crippen molar-refractivity contribution >= 4 is 67.5 Å². The van der Waals surface area contributed by atoms with Crippen LogP contribution in [0.1, 0.15) is 44.4 Å². The molecule has 0 spiro atoms. The smallest absolute Gasteiger partial charge is 0.418 e. The minimum atomic E-state index is -3.75. The van der Waals surface area contributed by atoms with Crippen molar-refractivity contribution in [1.82, 2.24) is 29.4 Å². The molecule has 1 aliphatic rings. The third-order valence-corrected chi connectivity index (χ3v) is 11.0. The summed E-state index contributed by atoms with van der Waals surface area (Å²) in [6.07, 6.45) is -1.07. The number of fused-ring (bicyclic) bond motifs is 2. The molecule has 5 aromatic rings. The summed E-state index contributed by atoms with van der Waals surface area (Å²) in [6.45, 7) is 0.376. The number of esters is 1. The molecule has 6 rings (SSSR count). The number of hydrogen-bond acceptors (Lipinski definition) is 15. The second-order valence-corrected chi connectivity index (χ2v) is 15.6. The Morgan fingerprint density at radius 3 is 2.53 bits per heavy atom. The SMILES string of the molecule is COc1ccc(S(=O)(=O)CCOC(=O)n2cc(CC(=O)NCCC(=O)Nc3nc4c(ncn4[C@H]4C[C@@H](OC(=O)CCC(C)=O)[C@@H](CO)O4)c(=O)[nH]3)c3ccccc32)cc1. The number of H-pyrrole nitrogens is 1. The number of sulfone groups is 1. The van der Waals surface area contributed by atoms with Gasteiger partial charge < -0.3 is 34.2 Å². The van der Waals surface area contributed by atoms with E-state index in [0.717, 1.165) is 0 Å². The maximum Gasteiger partial charge on any atom is 0.418 e. The Kier molecular flexibility index (Phi) is 13.2. The predicted octanol–water partition coefficient (Wildman–Crippen LogP) is 1.79. The lowest BCUT2D eigenvalue weighted by atomic mass is 10.1. The molecule has 0 radical (unpaired) electrons. The normalized spacial score (nSPS) is 16.5. The third-order valence-electron chi connectivity index (χ3n) is 9.34. The van der Waals surface area contributed by atoms with Gasteiger partial charge in [0.15, 0.2) is 21.0 Å². The van der Waals surface area contributed by atoms with Gasteiger partial charge in [0.25, 0.3) is 5.56 Å². The number of carbonyl (C=O) groups is 5. The van der Waals surface area contributed by atoms with Gasteiger partial charge >= 0.3 is 12.1 Å². The van der Waals surface area contributed by atoms with Gasteiger partial charge in [0.2, 0.25) is 17.8 Å². The zero-order valence-electron chi connectivity index (χ0n) is 31.9. The fourth-order valence-electron chi connectivity index (χ4n) is 6.36. The van der Waals surface area contributed by atoms with Gasteiger partial charge in [-0.05, 0) is 42.8 Å². The van der Waals surface area contributed by atoms with E-state index in [4.69, 9.17) is 18.9 Å². The summed E-state index contributed by atoms with van der Waals surface area (Å²) in [5.74, 6) is -2.02. The van der Waals surface area contributed by atoms with Crippen LogP contribution in [0.4, 0.5) is 10.7 Å². The summed E-state index contributed by atoms with van der Waals surface area (Å²) in [6, 6.07) is 12.6. The Morgan fingerprint density at radius 2 is 1.80 bits per heavy atom. The molecule has 3 aromatic heterocycles. The third kappa shape index (κ3) is 10.2. The highest BCUT2D eigenvalue weighted by Gasteiger charge is 2.39. The van der Waals surface area contributed by atoms with Crippen LogP contribution in [0.2, 0.25) is 0 Å². The number of aliphatic hydroxyl groups excluding tert-OH is 1. The second kappa shape index (κ2) is 18.4. The second-order valence-electron chi connectivity index (χ2n) is 13.5. The van der Waals surface area contributed by atoms with E-state index in [0.29, 0.717) is 22.2 Å². The van der Waals surface area contributed by atoms with Crippen molar-refractivity contribution < 1.29 is 56.4 Å². The molecule has 1 saturated heterocycles. The topological polar surface area (TPSA) is 269 Å². The average Bonchev–Trinajstić information content (AvgIpc) is 3.92. The Balaban J connectivity index is 1.02. The van der Waals surface area contributed by atoms with Gasteiger partial charge in [0.05, 0.1) is 49.1 Å². The summed E-state index contributed by atoms with van der Waals surface area (Å²) in [5, 5.41) is 15.6. The number of rotatable bonds is 17. The van der Waals surface area contributed by atoms with Gasteiger partial charge in [0.1, 0.15) is 36.6 Å². The molecule has 4 heterocycles. The van der Waals surface area contributed by atoms with Gasteiger partial charge in [-0.15, -0.1) is 0 Å². The number of anilines is 1. The van der Waals surface area contributed by atoms with Crippen LogP contribution >= 0.6 is 0 Å². The Labute approximate surface area is 335 Å². The Morgan fingerprint density at radius 1 is 1.03 bits per heavy atom. The zero-order chi connectivity index (χ0) is 42.3. The first-order chi connectivity index (χ1) is 28.3. The maximum atomic E-state index is 13.0. The molecule has 0 bridgehead atoms.